The van der Waals surface area contributed by atoms with Crippen LogP contribution in [-0.2, 0) is 24.7 Å². The van der Waals surface area contributed by atoms with Crippen molar-refractivity contribution >= 4 is 43.0 Å². The van der Waals surface area contributed by atoms with Crippen LogP contribution in [0, 0.1) is 0 Å². The number of sulfone groups is 1. The average Bonchev–Trinajstić information content (AvgIpc) is 2.64. The zero-order chi connectivity index (χ0) is 21.5. The van der Waals surface area contributed by atoms with Crippen molar-refractivity contribution in [2.24, 2.45) is 16.0 Å². The largest absolute Gasteiger partial charge is 0.362 e. The molecule has 0 aliphatic heterocycles. The molecule has 11 nitrogen and oxygen atoms in total. The minimum atomic E-state index is -4.31. The number of carbonyl (C=O) groups is 1. The molecule has 0 spiro atoms. The highest BCUT2D eigenvalue weighted by Gasteiger charge is 2.15. The summed E-state index contributed by atoms with van der Waals surface area (Å²) < 4.78 is 58.5. The van der Waals surface area contributed by atoms with E-state index in [1.807, 2.05) is 0 Å². The molecule has 156 valence electrons. The first kappa shape index (κ1) is 22.4. The van der Waals surface area contributed by atoms with Crippen molar-refractivity contribution in [3.05, 3.63) is 48.5 Å². The quantitative estimate of drug-likeness (QED) is 0.303. The number of anilines is 1. The standard InChI is InChI=1S/C16H18N4O7S2/c17-16(21)18-12-1-3-13(4-2-12)19-20-14-5-7-15(8-6-14)28(22,23)10-9-27-11-29(24,25)26/h1-8H,9-11H2,(H3,17,18,21)(H,24,25,26). The molecule has 0 aliphatic carbocycles. The number of amides is 2. The Morgan fingerprint density at radius 1 is 0.966 bits per heavy atom. The highest BCUT2D eigenvalue weighted by atomic mass is 32.2. The molecule has 0 saturated heterocycles. The molecule has 2 aromatic rings. The second kappa shape index (κ2) is 9.56. The van der Waals surface area contributed by atoms with E-state index in [9.17, 15) is 21.6 Å². The number of rotatable bonds is 9. The first-order valence-corrected chi connectivity index (χ1v) is 11.3. The van der Waals surface area contributed by atoms with E-state index in [4.69, 9.17) is 10.3 Å². The minimum Gasteiger partial charge on any atom is -0.362 e. The Hall–Kier alpha value is -2.87. The number of ether oxygens (including phenoxy) is 1. The van der Waals surface area contributed by atoms with Crippen molar-refractivity contribution in [1.29, 1.82) is 0 Å². The molecule has 0 fully saturated rings. The molecule has 4 N–H and O–H groups in total. The molecule has 2 rings (SSSR count). The van der Waals surface area contributed by atoms with Gasteiger partial charge >= 0.3 is 6.03 Å². The Morgan fingerprint density at radius 2 is 1.48 bits per heavy atom. The van der Waals surface area contributed by atoms with Crippen LogP contribution in [0.5, 0.6) is 0 Å². The maximum Gasteiger partial charge on any atom is 0.316 e. The minimum absolute atomic E-state index is 0.00813. The Morgan fingerprint density at radius 3 is 1.97 bits per heavy atom. The van der Waals surface area contributed by atoms with Gasteiger partial charge in [-0.3, -0.25) is 4.55 Å². The molecule has 0 atom stereocenters. The molecule has 0 unspecified atom stereocenters. The van der Waals surface area contributed by atoms with Gasteiger partial charge in [-0.15, -0.1) is 0 Å². The number of carbonyl (C=O) groups excluding carboxylic acids is 1. The van der Waals surface area contributed by atoms with Crippen LogP contribution in [0.4, 0.5) is 21.9 Å². The van der Waals surface area contributed by atoms with Crippen LogP contribution in [0.3, 0.4) is 0 Å². The van der Waals surface area contributed by atoms with Gasteiger partial charge in [-0.25, -0.2) is 13.2 Å². The summed E-state index contributed by atoms with van der Waals surface area (Å²) in [7, 11) is -8.01. The summed E-state index contributed by atoms with van der Waals surface area (Å²) in [4.78, 5) is 10.8. The van der Waals surface area contributed by atoms with Crippen LogP contribution in [0.15, 0.2) is 63.7 Å². The first-order chi connectivity index (χ1) is 13.5. The van der Waals surface area contributed by atoms with Crippen molar-refractivity contribution in [2.45, 2.75) is 4.90 Å². The van der Waals surface area contributed by atoms with Crippen molar-refractivity contribution in [2.75, 3.05) is 23.6 Å². The molecular weight excluding hydrogens is 424 g/mol. The van der Waals surface area contributed by atoms with Gasteiger partial charge in [-0.2, -0.15) is 18.6 Å². The molecule has 29 heavy (non-hydrogen) atoms. The summed E-state index contributed by atoms with van der Waals surface area (Å²) in [5.41, 5.74) is 6.44. The van der Waals surface area contributed by atoms with Gasteiger partial charge in [-0.1, -0.05) is 0 Å². The van der Waals surface area contributed by atoms with Crippen molar-refractivity contribution in [3.8, 4) is 0 Å². The maximum absolute atomic E-state index is 12.2. The van der Waals surface area contributed by atoms with Crippen LogP contribution in [0.25, 0.3) is 0 Å². The fourth-order valence-electron chi connectivity index (χ4n) is 2.04. The number of hydrogen-bond acceptors (Lipinski definition) is 8. The van der Waals surface area contributed by atoms with E-state index in [0.29, 0.717) is 17.1 Å². The van der Waals surface area contributed by atoms with E-state index in [2.05, 4.69) is 20.3 Å². The summed E-state index contributed by atoms with van der Waals surface area (Å²) in [5, 5.41) is 10.4. The smallest absolute Gasteiger partial charge is 0.316 e. The van der Waals surface area contributed by atoms with Gasteiger partial charge in [0.2, 0.25) is 0 Å². The predicted molar refractivity (Wildman–Crippen MR) is 105 cm³/mol. The van der Waals surface area contributed by atoms with E-state index in [0.717, 1.165) is 0 Å². The SMILES string of the molecule is NC(=O)Nc1ccc(N=Nc2ccc(S(=O)(=O)CCOCS(=O)(=O)O)cc2)cc1. The van der Waals surface area contributed by atoms with Gasteiger partial charge in [0, 0.05) is 5.69 Å². The number of nitrogens with zero attached hydrogens (tertiary/aromatic N) is 2. The molecule has 0 aliphatic rings. The molecule has 13 heteroatoms. The van der Waals surface area contributed by atoms with E-state index in [-0.39, 0.29) is 11.5 Å². The third-order valence-corrected chi connectivity index (χ3v) is 5.50. The monoisotopic (exact) mass is 442 g/mol. The maximum atomic E-state index is 12.2. The second-order valence-corrected chi connectivity index (χ2v) is 9.17. The third-order valence-electron chi connectivity index (χ3n) is 3.34. The van der Waals surface area contributed by atoms with Crippen LogP contribution < -0.4 is 11.1 Å². The Balaban J connectivity index is 1.96. The zero-order valence-electron chi connectivity index (χ0n) is 14.9. The van der Waals surface area contributed by atoms with Gasteiger partial charge in [0.15, 0.2) is 15.8 Å². The van der Waals surface area contributed by atoms with Crippen molar-refractivity contribution in [1.82, 2.24) is 0 Å². The van der Waals surface area contributed by atoms with Crippen LogP contribution in [0.2, 0.25) is 0 Å². The van der Waals surface area contributed by atoms with Gasteiger partial charge in [0.1, 0.15) is 0 Å². The number of hydrogen-bond donors (Lipinski definition) is 3. The number of nitrogens with two attached hydrogens (primary N) is 1. The molecule has 0 aromatic heterocycles. The normalized spacial score (nSPS) is 12.2. The summed E-state index contributed by atoms with van der Waals surface area (Å²) in [6, 6.07) is 11.3. The lowest BCUT2D eigenvalue weighted by atomic mass is 10.3. The van der Waals surface area contributed by atoms with Gasteiger partial charge in [-0.05, 0) is 48.5 Å². The molecule has 2 aromatic carbocycles. The number of nitrogens with one attached hydrogen (secondary N) is 1. The fraction of sp³-hybridized carbons (Fsp3) is 0.188. The fourth-order valence-corrected chi connectivity index (χ4v) is 3.49. The van der Waals surface area contributed by atoms with Crippen LogP contribution >= 0.6 is 0 Å². The number of primary amides is 1. The lowest BCUT2D eigenvalue weighted by Crippen LogP contribution is -2.18. The van der Waals surface area contributed by atoms with Crippen molar-refractivity contribution < 1.29 is 30.9 Å². The average molecular weight is 442 g/mol. The Bertz CT molecular complexity index is 1080. The molecule has 0 saturated carbocycles. The first-order valence-electron chi connectivity index (χ1n) is 7.99. The molecule has 2 amide bonds. The second-order valence-electron chi connectivity index (χ2n) is 5.66. The summed E-state index contributed by atoms with van der Waals surface area (Å²) >= 11 is 0. The predicted octanol–water partition coefficient (Wildman–Crippen LogP) is 2.23. The lowest BCUT2D eigenvalue weighted by molar-refractivity contribution is 0.187. The summed E-state index contributed by atoms with van der Waals surface area (Å²) in [6.45, 7) is -0.385. The third kappa shape index (κ3) is 7.95. The summed E-state index contributed by atoms with van der Waals surface area (Å²) in [6.07, 6.45) is 0. The van der Waals surface area contributed by atoms with E-state index in [1.54, 1.807) is 24.3 Å². The van der Waals surface area contributed by atoms with E-state index in [1.165, 1.54) is 24.3 Å². The summed E-state index contributed by atoms with van der Waals surface area (Å²) in [5.74, 6) is -1.42. The molecule has 0 heterocycles. The molecular formula is C16H18N4O7S2. The van der Waals surface area contributed by atoms with Gasteiger partial charge < -0.3 is 15.8 Å². The molecule has 0 bridgehead atoms. The lowest BCUT2D eigenvalue weighted by Gasteiger charge is -2.05. The van der Waals surface area contributed by atoms with Gasteiger partial charge in [0.25, 0.3) is 10.1 Å². The van der Waals surface area contributed by atoms with E-state index >= 15 is 0 Å². The van der Waals surface area contributed by atoms with Crippen LogP contribution in [-0.4, -0.2) is 45.7 Å². The Labute approximate surface area is 167 Å². The topological polar surface area (TPSA) is 178 Å². The number of azo groups is 1. The highest BCUT2D eigenvalue weighted by Crippen LogP contribution is 2.22. The zero-order valence-corrected chi connectivity index (χ0v) is 16.6. The molecule has 0 radical (unpaired) electrons. The van der Waals surface area contributed by atoms with Crippen molar-refractivity contribution in [3.63, 3.8) is 0 Å². The number of urea groups is 1. The highest BCUT2D eigenvalue weighted by molar-refractivity contribution is 7.91. The van der Waals surface area contributed by atoms with E-state index < -0.39 is 37.7 Å². The van der Waals surface area contributed by atoms with Gasteiger partial charge in [0.05, 0.1) is 28.6 Å². The Kier molecular flexibility index (Phi) is 7.39. The van der Waals surface area contributed by atoms with Crippen LogP contribution in [0.1, 0.15) is 0 Å². The number of benzene rings is 2.